The van der Waals surface area contributed by atoms with E-state index in [4.69, 9.17) is 24.9 Å². The number of rotatable bonds is 9. The maximum absolute atomic E-state index is 11.4. The molecule has 0 fully saturated rings. The minimum absolute atomic E-state index is 0.122. The van der Waals surface area contributed by atoms with Gasteiger partial charge in [-0.25, -0.2) is 8.42 Å². The Bertz CT molecular complexity index is 557. The van der Waals surface area contributed by atoms with Crippen molar-refractivity contribution in [3.8, 4) is 5.75 Å². The molecule has 0 heterocycles. The van der Waals surface area contributed by atoms with Crippen LogP contribution in [0.15, 0.2) is 17.0 Å². The van der Waals surface area contributed by atoms with Crippen LogP contribution in [-0.2, 0) is 18.5 Å². The van der Waals surface area contributed by atoms with Crippen LogP contribution in [0.3, 0.4) is 0 Å². The summed E-state index contributed by atoms with van der Waals surface area (Å²) in [6.07, 6.45) is 0.748. The summed E-state index contributed by atoms with van der Waals surface area (Å²) in [7, 11) is 3.28. The molecule has 0 aliphatic carbocycles. The lowest BCUT2D eigenvalue weighted by Crippen LogP contribution is -2.08. The third-order valence-corrected chi connectivity index (χ3v) is 4.54. The molecule has 0 saturated carbocycles. The zero-order chi connectivity index (χ0) is 15.9. The molecular weight excluding hydrogens is 316 g/mol. The van der Waals surface area contributed by atoms with Crippen molar-refractivity contribution in [2.45, 2.75) is 25.2 Å². The zero-order valence-electron chi connectivity index (χ0n) is 12.5. The van der Waals surface area contributed by atoms with E-state index in [1.54, 1.807) is 20.1 Å². The monoisotopic (exact) mass is 336 g/mol. The van der Waals surface area contributed by atoms with Gasteiger partial charge in [0.05, 0.1) is 24.7 Å². The van der Waals surface area contributed by atoms with Crippen molar-refractivity contribution in [3.63, 3.8) is 0 Å². The van der Waals surface area contributed by atoms with E-state index in [-0.39, 0.29) is 4.90 Å². The number of hydrogen-bond donors (Lipinski definition) is 0. The smallest absolute Gasteiger partial charge is 0.261 e. The lowest BCUT2D eigenvalue weighted by atomic mass is 10.1. The molecule has 1 aromatic carbocycles. The molecule has 0 bridgehead atoms. The fourth-order valence-corrected chi connectivity index (χ4v) is 3.03. The molecule has 0 spiro atoms. The summed E-state index contributed by atoms with van der Waals surface area (Å²) >= 11 is 0. The molecule has 0 atom stereocenters. The Labute approximate surface area is 130 Å². The van der Waals surface area contributed by atoms with Gasteiger partial charge in [-0.2, -0.15) is 0 Å². The Kier molecular flexibility index (Phi) is 7.45. The van der Waals surface area contributed by atoms with Crippen molar-refractivity contribution in [2.24, 2.45) is 0 Å². The Balaban J connectivity index is 2.52. The maximum atomic E-state index is 11.4. The maximum Gasteiger partial charge on any atom is 0.261 e. The van der Waals surface area contributed by atoms with E-state index in [1.165, 1.54) is 6.07 Å². The molecular formula is C14H21ClO5S. The predicted octanol–water partition coefficient (Wildman–Crippen LogP) is 2.66. The van der Waals surface area contributed by atoms with E-state index in [1.807, 2.05) is 6.92 Å². The van der Waals surface area contributed by atoms with Gasteiger partial charge in [0.15, 0.2) is 0 Å². The van der Waals surface area contributed by atoms with Crippen LogP contribution < -0.4 is 4.74 Å². The second-order valence-electron chi connectivity index (χ2n) is 4.56. The van der Waals surface area contributed by atoms with Crippen molar-refractivity contribution in [1.82, 2.24) is 0 Å². The SMILES string of the molecule is COCCOCCCOc1ccc(S(=O)(=O)Cl)c(C)c1C. The van der Waals surface area contributed by atoms with E-state index in [0.29, 0.717) is 37.7 Å². The van der Waals surface area contributed by atoms with Gasteiger partial charge in [-0.3, -0.25) is 0 Å². The summed E-state index contributed by atoms with van der Waals surface area (Å²) in [6.45, 7) is 5.76. The first kappa shape index (κ1) is 18.2. The molecule has 120 valence electrons. The van der Waals surface area contributed by atoms with E-state index in [0.717, 1.165) is 12.0 Å². The molecule has 1 rings (SSSR count). The molecule has 7 heteroatoms. The van der Waals surface area contributed by atoms with Crippen LogP contribution in [0, 0.1) is 13.8 Å². The van der Waals surface area contributed by atoms with Gasteiger partial charge < -0.3 is 14.2 Å². The van der Waals surface area contributed by atoms with Crippen LogP contribution in [0.4, 0.5) is 0 Å². The van der Waals surface area contributed by atoms with Crippen molar-refractivity contribution in [3.05, 3.63) is 23.3 Å². The molecule has 0 unspecified atom stereocenters. The zero-order valence-corrected chi connectivity index (χ0v) is 14.1. The molecule has 0 aliphatic heterocycles. The molecule has 0 saturated heterocycles. The number of hydrogen-bond acceptors (Lipinski definition) is 5. The number of halogens is 1. The van der Waals surface area contributed by atoms with Crippen LogP contribution in [0.5, 0.6) is 5.75 Å². The fraction of sp³-hybridized carbons (Fsp3) is 0.571. The van der Waals surface area contributed by atoms with Crippen molar-refractivity contribution < 1.29 is 22.6 Å². The van der Waals surface area contributed by atoms with Crippen molar-refractivity contribution in [1.29, 1.82) is 0 Å². The second kappa shape index (κ2) is 8.58. The van der Waals surface area contributed by atoms with Gasteiger partial charge in [-0.15, -0.1) is 0 Å². The minimum atomic E-state index is -3.73. The van der Waals surface area contributed by atoms with Crippen LogP contribution in [0.2, 0.25) is 0 Å². The van der Waals surface area contributed by atoms with Crippen LogP contribution in [0.1, 0.15) is 17.5 Å². The Morgan fingerprint density at radius 1 is 1.05 bits per heavy atom. The third-order valence-electron chi connectivity index (χ3n) is 3.07. The summed E-state index contributed by atoms with van der Waals surface area (Å²) in [6, 6.07) is 3.10. The average Bonchev–Trinajstić information content (AvgIpc) is 2.41. The molecule has 0 aliphatic rings. The van der Waals surface area contributed by atoms with E-state index in [9.17, 15) is 8.42 Å². The van der Waals surface area contributed by atoms with Gasteiger partial charge in [-0.05, 0) is 37.1 Å². The van der Waals surface area contributed by atoms with Crippen LogP contribution >= 0.6 is 10.7 Å². The predicted molar refractivity (Wildman–Crippen MR) is 81.8 cm³/mol. The Morgan fingerprint density at radius 3 is 2.38 bits per heavy atom. The second-order valence-corrected chi connectivity index (χ2v) is 7.09. The summed E-state index contributed by atoms with van der Waals surface area (Å²) in [5, 5.41) is 0. The number of ether oxygens (including phenoxy) is 3. The molecule has 0 amide bonds. The molecule has 0 N–H and O–H groups in total. The Hall–Kier alpha value is -0.820. The highest BCUT2D eigenvalue weighted by Crippen LogP contribution is 2.28. The fourth-order valence-electron chi connectivity index (χ4n) is 1.78. The summed E-state index contributed by atoms with van der Waals surface area (Å²) in [4.78, 5) is 0.122. The van der Waals surface area contributed by atoms with Crippen LogP contribution in [-0.4, -0.2) is 42.0 Å². The van der Waals surface area contributed by atoms with Gasteiger partial charge in [0.25, 0.3) is 9.05 Å². The molecule has 21 heavy (non-hydrogen) atoms. The van der Waals surface area contributed by atoms with E-state index < -0.39 is 9.05 Å². The summed E-state index contributed by atoms with van der Waals surface area (Å²) < 4.78 is 38.6. The molecule has 1 aromatic rings. The first-order valence-electron chi connectivity index (χ1n) is 6.62. The highest BCUT2D eigenvalue weighted by molar-refractivity contribution is 8.13. The Morgan fingerprint density at radius 2 is 1.76 bits per heavy atom. The van der Waals surface area contributed by atoms with Gasteiger partial charge in [-0.1, -0.05) is 0 Å². The van der Waals surface area contributed by atoms with Gasteiger partial charge in [0.2, 0.25) is 0 Å². The van der Waals surface area contributed by atoms with Gasteiger partial charge in [0.1, 0.15) is 5.75 Å². The topological polar surface area (TPSA) is 61.8 Å². The first-order chi connectivity index (χ1) is 9.88. The average molecular weight is 337 g/mol. The standard InChI is InChI=1S/C14H21ClO5S/c1-11-12(2)14(21(15,16)17)6-5-13(11)20-8-4-7-19-10-9-18-3/h5-6H,4,7-10H2,1-3H3. The van der Waals surface area contributed by atoms with Gasteiger partial charge in [0, 0.05) is 30.8 Å². The lowest BCUT2D eigenvalue weighted by Gasteiger charge is -2.13. The normalized spacial score (nSPS) is 11.6. The van der Waals surface area contributed by atoms with Crippen LogP contribution in [0.25, 0.3) is 0 Å². The molecule has 5 nitrogen and oxygen atoms in total. The van der Waals surface area contributed by atoms with Crippen molar-refractivity contribution in [2.75, 3.05) is 33.5 Å². The van der Waals surface area contributed by atoms with E-state index >= 15 is 0 Å². The number of benzene rings is 1. The first-order valence-corrected chi connectivity index (χ1v) is 8.93. The highest BCUT2D eigenvalue weighted by Gasteiger charge is 2.16. The molecule has 0 radical (unpaired) electrons. The highest BCUT2D eigenvalue weighted by atomic mass is 35.7. The minimum Gasteiger partial charge on any atom is -0.493 e. The largest absolute Gasteiger partial charge is 0.493 e. The summed E-state index contributed by atoms with van der Waals surface area (Å²) in [5.74, 6) is 0.661. The quantitative estimate of drug-likeness (QED) is 0.512. The third kappa shape index (κ3) is 5.82. The lowest BCUT2D eigenvalue weighted by molar-refractivity contribution is 0.0644. The molecule has 0 aromatic heterocycles. The van der Waals surface area contributed by atoms with Crippen molar-refractivity contribution >= 4 is 19.7 Å². The number of methoxy groups -OCH3 is 1. The summed E-state index contributed by atoms with van der Waals surface area (Å²) in [5.41, 5.74) is 1.39. The van der Waals surface area contributed by atoms with E-state index in [2.05, 4.69) is 0 Å². The van der Waals surface area contributed by atoms with Gasteiger partial charge >= 0.3 is 0 Å².